The number of ether oxygens (including phenoxy) is 2. The Morgan fingerprint density at radius 2 is 2.06 bits per heavy atom. The van der Waals surface area contributed by atoms with Gasteiger partial charge >= 0.3 is 5.97 Å². The van der Waals surface area contributed by atoms with E-state index in [9.17, 15) is 4.79 Å². The zero-order valence-electron chi connectivity index (χ0n) is 10.9. The van der Waals surface area contributed by atoms with Gasteiger partial charge in [0.25, 0.3) is 0 Å². The predicted molar refractivity (Wildman–Crippen MR) is 69.9 cm³/mol. The molecule has 1 aromatic rings. The fraction of sp³-hybridized carbons (Fsp3) is 0.400. The molecular formula is C15H18O3. The number of rotatable bonds is 1. The third-order valence-electron chi connectivity index (χ3n) is 3.12. The van der Waals surface area contributed by atoms with Crippen molar-refractivity contribution in [3.8, 4) is 11.5 Å². The molecule has 1 heterocycles. The van der Waals surface area contributed by atoms with Crippen LogP contribution in [0.1, 0.15) is 31.7 Å². The predicted octanol–water partition coefficient (Wildman–Crippen LogP) is 3.27. The summed E-state index contributed by atoms with van der Waals surface area (Å²) in [5.41, 5.74) is 2.27. The van der Waals surface area contributed by atoms with Crippen LogP contribution >= 0.6 is 0 Å². The molecule has 0 saturated carbocycles. The molecule has 1 aliphatic rings. The van der Waals surface area contributed by atoms with Crippen LogP contribution < -0.4 is 9.47 Å². The summed E-state index contributed by atoms with van der Waals surface area (Å²) in [5, 5.41) is 0. The summed E-state index contributed by atoms with van der Waals surface area (Å²) < 4.78 is 10.6. The van der Waals surface area contributed by atoms with E-state index < -0.39 is 0 Å². The highest BCUT2D eigenvalue weighted by Crippen LogP contribution is 2.27. The van der Waals surface area contributed by atoms with Crippen molar-refractivity contribution in [2.24, 2.45) is 0 Å². The molecule has 0 atom stereocenters. The monoisotopic (exact) mass is 246 g/mol. The standard InChI is InChI=1S/C15H18O3/c1-11-4-3-5-12-10-13(17-2)7-8-14(12)18-15(16)9-6-11/h4,7-8,10H,3,5-6,9H2,1-2H3/b11-4+. The van der Waals surface area contributed by atoms with Crippen LogP contribution in [0.15, 0.2) is 29.8 Å². The Bertz CT molecular complexity index is 475. The van der Waals surface area contributed by atoms with E-state index in [1.165, 1.54) is 5.57 Å². The number of carbonyl (C=O) groups is 1. The fourth-order valence-electron chi connectivity index (χ4n) is 2.03. The maximum Gasteiger partial charge on any atom is 0.311 e. The minimum atomic E-state index is -0.170. The quantitative estimate of drug-likeness (QED) is 0.433. The number of methoxy groups -OCH3 is 1. The largest absolute Gasteiger partial charge is 0.497 e. The third kappa shape index (κ3) is 3.13. The van der Waals surface area contributed by atoms with E-state index in [1.54, 1.807) is 7.11 Å². The molecule has 0 radical (unpaired) electrons. The Balaban J connectivity index is 2.30. The fourth-order valence-corrected chi connectivity index (χ4v) is 2.03. The van der Waals surface area contributed by atoms with Crippen LogP contribution in [0.25, 0.3) is 0 Å². The molecule has 96 valence electrons. The smallest absolute Gasteiger partial charge is 0.311 e. The van der Waals surface area contributed by atoms with E-state index in [4.69, 9.17) is 9.47 Å². The van der Waals surface area contributed by atoms with Crippen molar-refractivity contribution in [2.45, 2.75) is 32.6 Å². The zero-order chi connectivity index (χ0) is 13.0. The Morgan fingerprint density at radius 3 is 2.83 bits per heavy atom. The second-order valence-electron chi connectivity index (χ2n) is 4.54. The Hall–Kier alpha value is -1.77. The average molecular weight is 246 g/mol. The maximum absolute atomic E-state index is 11.7. The van der Waals surface area contributed by atoms with Gasteiger partial charge in [-0.3, -0.25) is 4.79 Å². The second-order valence-corrected chi connectivity index (χ2v) is 4.54. The van der Waals surface area contributed by atoms with E-state index in [1.807, 2.05) is 18.2 Å². The molecule has 0 aromatic heterocycles. The van der Waals surface area contributed by atoms with E-state index in [0.717, 1.165) is 30.6 Å². The number of hydrogen-bond donors (Lipinski definition) is 0. The molecule has 0 fully saturated rings. The summed E-state index contributed by atoms with van der Waals surface area (Å²) in [5.74, 6) is 1.28. The number of carbonyl (C=O) groups excluding carboxylic acids is 1. The summed E-state index contributed by atoms with van der Waals surface area (Å²) in [7, 11) is 1.64. The van der Waals surface area contributed by atoms with Crippen molar-refractivity contribution >= 4 is 5.97 Å². The molecule has 1 aliphatic heterocycles. The molecule has 2 rings (SSSR count). The molecule has 0 N–H and O–H groups in total. The second kappa shape index (κ2) is 5.71. The first kappa shape index (κ1) is 12.7. The first-order chi connectivity index (χ1) is 8.69. The van der Waals surface area contributed by atoms with Crippen LogP contribution in [0.5, 0.6) is 11.5 Å². The summed E-state index contributed by atoms with van der Waals surface area (Å²) >= 11 is 0. The summed E-state index contributed by atoms with van der Waals surface area (Å²) in [6, 6.07) is 5.57. The van der Waals surface area contributed by atoms with E-state index in [-0.39, 0.29) is 5.97 Å². The van der Waals surface area contributed by atoms with Crippen molar-refractivity contribution in [1.82, 2.24) is 0 Å². The maximum atomic E-state index is 11.7. The number of fused-ring (bicyclic) bond motifs is 1. The molecule has 0 saturated heterocycles. The number of benzene rings is 1. The molecule has 0 spiro atoms. The van der Waals surface area contributed by atoms with Crippen molar-refractivity contribution in [3.05, 3.63) is 35.4 Å². The molecule has 0 aliphatic carbocycles. The molecule has 18 heavy (non-hydrogen) atoms. The number of esters is 1. The van der Waals surface area contributed by atoms with Crippen LogP contribution in [-0.2, 0) is 11.2 Å². The lowest BCUT2D eigenvalue weighted by Crippen LogP contribution is -2.10. The SMILES string of the molecule is COc1ccc2c(c1)CC/C=C(\C)CCC(=O)O2. The van der Waals surface area contributed by atoms with Crippen molar-refractivity contribution in [1.29, 1.82) is 0 Å². The van der Waals surface area contributed by atoms with Gasteiger partial charge in [-0.15, -0.1) is 0 Å². The molecule has 0 amide bonds. The molecule has 0 unspecified atom stereocenters. The van der Waals surface area contributed by atoms with Gasteiger partial charge in [-0.2, -0.15) is 0 Å². The van der Waals surface area contributed by atoms with Crippen LogP contribution in [0.3, 0.4) is 0 Å². The lowest BCUT2D eigenvalue weighted by Gasteiger charge is -2.13. The highest BCUT2D eigenvalue weighted by atomic mass is 16.5. The van der Waals surface area contributed by atoms with E-state index >= 15 is 0 Å². The van der Waals surface area contributed by atoms with Gasteiger partial charge < -0.3 is 9.47 Å². The number of aryl methyl sites for hydroxylation is 1. The van der Waals surface area contributed by atoms with Crippen molar-refractivity contribution < 1.29 is 14.3 Å². The van der Waals surface area contributed by atoms with Crippen molar-refractivity contribution in [3.63, 3.8) is 0 Å². The van der Waals surface area contributed by atoms with Gasteiger partial charge in [0.05, 0.1) is 7.11 Å². The Labute approximate surface area is 107 Å². The van der Waals surface area contributed by atoms with Crippen LogP contribution in [0, 0.1) is 0 Å². The lowest BCUT2D eigenvalue weighted by molar-refractivity contribution is -0.134. The minimum absolute atomic E-state index is 0.170. The summed E-state index contributed by atoms with van der Waals surface area (Å²) in [6.45, 7) is 2.06. The van der Waals surface area contributed by atoms with Gasteiger partial charge in [0.2, 0.25) is 0 Å². The van der Waals surface area contributed by atoms with E-state index in [2.05, 4.69) is 13.0 Å². The Morgan fingerprint density at radius 1 is 1.22 bits per heavy atom. The van der Waals surface area contributed by atoms with Gasteiger partial charge in [0, 0.05) is 6.42 Å². The molecule has 3 heteroatoms. The van der Waals surface area contributed by atoms with Gasteiger partial charge in [-0.1, -0.05) is 11.6 Å². The van der Waals surface area contributed by atoms with E-state index in [0.29, 0.717) is 12.2 Å². The first-order valence-corrected chi connectivity index (χ1v) is 6.22. The van der Waals surface area contributed by atoms with Gasteiger partial charge in [-0.05, 0) is 49.9 Å². The topological polar surface area (TPSA) is 35.5 Å². The normalized spacial score (nSPS) is 19.2. The third-order valence-corrected chi connectivity index (χ3v) is 3.12. The van der Waals surface area contributed by atoms with Crippen LogP contribution in [-0.4, -0.2) is 13.1 Å². The lowest BCUT2D eigenvalue weighted by atomic mass is 10.0. The first-order valence-electron chi connectivity index (χ1n) is 6.22. The highest BCUT2D eigenvalue weighted by Gasteiger charge is 2.12. The number of hydrogen-bond acceptors (Lipinski definition) is 3. The van der Waals surface area contributed by atoms with Gasteiger partial charge in [-0.25, -0.2) is 0 Å². The van der Waals surface area contributed by atoms with Crippen molar-refractivity contribution in [2.75, 3.05) is 7.11 Å². The molecule has 3 nitrogen and oxygen atoms in total. The van der Waals surface area contributed by atoms with Crippen LogP contribution in [0.2, 0.25) is 0 Å². The minimum Gasteiger partial charge on any atom is -0.497 e. The molecule has 1 aromatic carbocycles. The van der Waals surface area contributed by atoms with Gasteiger partial charge in [0.15, 0.2) is 0 Å². The molecular weight excluding hydrogens is 228 g/mol. The zero-order valence-corrected chi connectivity index (χ0v) is 10.9. The summed E-state index contributed by atoms with van der Waals surface area (Å²) in [4.78, 5) is 11.7. The molecule has 0 bridgehead atoms. The summed E-state index contributed by atoms with van der Waals surface area (Å²) in [6.07, 6.45) is 5.24. The number of allylic oxidation sites excluding steroid dienone is 2. The highest BCUT2D eigenvalue weighted by molar-refractivity contribution is 5.73. The van der Waals surface area contributed by atoms with Gasteiger partial charge in [0.1, 0.15) is 11.5 Å². The average Bonchev–Trinajstić information content (AvgIpc) is 2.37. The van der Waals surface area contributed by atoms with Crippen LogP contribution in [0.4, 0.5) is 0 Å². The Kier molecular flexibility index (Phi) is 4.03.